The van der Waals surface area contributed by atoms with Gasteiger partial charge >= 0.3 is 0 Å². The maximum Gasteiger partial charge on any atom is 0.180 e. The van der Waals surface area contributed by atoms with Crippen molar-refractivity contribution in [2.75, 3.05) is 0 Å². The number of ketones is 1. The van der Waals surface area contributed by atoms with Crippen LogP contribution in [0.3, 0.4) is 0 Å². The molecule has 3 heteroatoms. The van der Waals surface area contributed by atoms with Crippen molar-refractivity contribution in [3.8, 4) is 5.75 Å². The summed E-state index contributed by atoms with van der Waals surface area (Å²) in [4.78, 5) is 15.8. The maximum absolute atomic E-state index is 11.6. The quantitative estimate of drug-likeness (QED) is 0.837. The van der Waals surface area contributed by atoms with Crippen molar-refractivity contribution in [2.45, 2.75) is 33.1 Å². The molecule has 0 saturated carbocycles. The molecule has 2 rings (SSSR count). The summed E-state index contributed by atoms with van der Waals surface area (Å²) in [7, 11) is 0. The molecule has 0 saturated heterocycles. The number of hydrogen-bond acceptors (Lipinski definition) is 3. The summed E-state index contributed by atoms with van der Waals surface area (Å²) in [6.07, 6.45) is 2.14. The average Bonchev–Trinajstić information content (AvgIpc) is 2.35. The Kier molecular flexibility index (Phi) is 3.32. The van der Waals surface area contributed by atoms with E-state index in [4.69, 9.17) is 0 Å². The molecule has 0 aliphatic heterocycles. The molecule has 0 aliphatic carbocycles. The SMILES string of the molecule is CCC(=O)c1cc2cc(O)c(C(C)C)cc2cn1. The number of nitrogens with zero attached hydrogens (tertiary/aromatic N) is 1. The Morgan fingerprint density at radius 2 is 2.00 bits per heavy atom. The van der Waals surface area contributed by atoms with Crippen molar-refractivity contribution in [1.82, 2.24) is 4.98 Å². The van der Waals surface area contributed by atoms with Gasteiger partial charge in [-0.25, -0.2) is 0 Å². The van der Waals surface area contributed by atoms with Crippen LogP contribution in [0.5, 0.6) is 5.75 Å². The normalized spacial score (nSPS) is 11.1. The lowest BCUT2D eigenvalue weighted by Crippen LogP contribution is -2.00. The summed E-state index contributed by atoms with van der Waals surface area (Å²) in [6.45, 7) is 5.88. The zero-order valence-electron chi connectivity index (χ0n) is 10.9. The van der Waals surface area contributed by atoms with Crippen LogP contribution in [0.15, 0.2) is 24.4 Å². The van der Waals surface area contributed by atoms with Gasteiger partial charge in [0.25, 0.3) is 0 Å². The fourth-order valence-corrected chi connectivity index (χ4v) is 2.00. The highest BCUT2D eigenvalue weighted by molar-refractivity contribution is 5.98. The molecule has 0 unspecified atom stereocenters. The predicted octanol–water partition coefficient (Wildman–Crippen LogP) is 3.66. The molecule has 0 amide bonds. The first-order valence-corrected chi connectivity index (χ1v) is 6.18. The Balaban J connectivity index is 2.59. The van der Waals surface area contributed by atoms with E-state index in [-0.39, 0.29) is 17.5 Å². The van der Waals surface area contributed by atoms with Crippen LogP contribution < -0.4 is 0 Å². The number of benzene rings is 1. The van der Waals surface area contributed by atoms with Gasteiger partial charge in [-0.15, -0.1) is 0 Å². The lowest BCUT2D eigenvalue weighted by Gasteiger charge is -2.10. The molecule has 94 valence electrons. The van der Waals surface area contributed by atoms with E-state index in [9.17, 15) is 9.90 Å². The van der Waals surface area contributed by atoms with Gasteiger partial charge < -0.3 is 5.11 Å². The molecule has 1 aromatic carbocycles. The van der Waals surface area contributed by atoms with Gasteiger partial charge in [-0.2, -0.15) is 0 Å². The van der Waals surface area contributed by atoms with Crippen molar-refractivity contribution in [1.29, 1.82) is 0 Å². The van der Waals surface area contributed by atoms with Crippen LogP contribution >= 0.6 is 0 Å². The predicted molar refractivity (Wildman–Crippen MR) is 72.1 cm³/mol. The van der Waals surface area contributed by atoms with Crippen molar-refractivity contribution in [3.63, 3.8) is 0 Å². The number of aromatic nitrogens is 1. The van der Waals surface area contributed by atoms with Gasteiger partial charge in [-0.05, 0) is 35.1 Å². The van der Waals surface area contributed by atoms with Crippen LogP contribution in [0, 0.1) is 0 Å². The van der Waals surface area contributed by atoms with E-state index in [2.05, 4.69) is 4.98 Å². The number of Topliss-reactive ketones (excluding diaryl/α,β-unsaturated/α-hetero) is 1. The second-order valence-corrected chi connectivity index (χ2v) is 4.76. The van der Waals surface area contributed by atoms with E-state index in [1.807, 2.05) is 26.8 Å². The first kappa shape index (κ1) is 12.6. The van der Waals surface area contributed by atoms with Crippen molar-refractivity contribution in [3.05, 3.63) is 35.7 Å². The van der Waals surface area contributed by atoms with Gasteiger partial charge in [0.05, 0.1) is 0 Å². The average molecular weight is 243 g/mol. The number of rotatable bonds is 3. The lowest BCUT2D eigenvalue weighted by atomic mass is 9.98. The Bertz CT molecular complexity index is 603. The van der Waals surface area contributed by atoms with Crippen LogP contribution in [0.4, 0.5) is 0 Å². The number of fused-ring (bicyclic) bond motifs is 1. The van der Waals surface area contributed by atoms with E-state index in [0.717, 1.165) is 16.3 Å². The summed E-state index contributed by atoms with van der Waals surface area (Å²) in [5.74, 6) is 0.550. The number of pyridine rings is 1. The number of carbonyl (C=O) groups is 1. The van der Waals surface area contributed by atoms with Crippen LogP contribution in [0.1, 0.15) is 49.2 Å². The second kappa shape index (κ2) is 4.77. The first-order valence-electron chi connectivity index (χ1n) is 6.18. The zero-order chi connectivity index (χ0) is 13.3. The molecule has 2 aromatic rings. The minimum absolute atomic E-state index is 0.0179. The molecular formula is C15H17NO2. The van der Waals surface area contributed by atoms with Gasteiger partial charge in [0.1, 0.15) is 11.4 Å². The molecule has 0 radical (unpaired) electrons. The molecule has 0 bridgehead atoms. The van der Waals surface area contributed by atoms with Crippen LogP contribution in [-0.4, -0.2) is 15.9 Å². The summed E-state index contributed by atoms with van der Waals surface area (Å²) in [5, 5.41) is 11.8. The lowest BCUT2D eigenvalue weighted by molar-refractivity contribution is 0.0983. The minimum atomic E-state index is 0.0179. The van der Waals surface area contributed by atoms with Crippen molar-refractivity contribution >= 4 is 16.6 Å². The summed E-state index contributed by atoms with van der Waals surface area (Å²) >= 11 is 0. The minimum Gasteiger partial charge on any atom is -0.508 e. The van der Waals surface area contributed by atoms with E-state index >= 15 is 0 Å². The number of phenols is 1. The number of carbonyl (C=O) groups excluding carboxylic acids is 1. The fourth-order valence-electron chi connectivity index (χ4n) is 2.00. The van der Waals surface area contributed by atoms with Crippen LogP contribution in [0.2, 0.25) is 0 Å². The first-order chi connectivity index (χ1) is 8.52. The van der Waals surface area contributed by atoms with Crippen molar-refractivity contribution in [2.24, 2.45) is 0 Å². The summed E-state index contributed by atoms with van der Waals surface area (Å²) in [5.41, 5.74) is 1.36. The number of hydrogen-bond donors (Lipinski definition) is 1. The van der Waals surface area contributed by atoms with E-state index in [1.54, 1.807) is 18.3 Å². The third kappa shape index (κ3) is 2.21. The molecule has 1 heterocycles. The monoisotopic (exact) mass is 243 g/mol. The van der Waals surface area contributed by atoms with Crippen molar-refractivity contribution < 1.29 is 9.90 Å². The molecule has 1 N–H and O–H groups in total. The van der Waals surface area contributed by atoms with Crippen LogP contribution in [0.25, 0.3) is 10.8 Å². The summed E-state index contributed by atoms with van der Waals surface area (Å²) < 4.78 is 0. The Morgan fingerprint density at radius 1 is 1.28 bits per heavy atom. The van der Waals surface area contributed by atoms with Gasteiger partial charge in [0, 0.05) is 18.0 Å². The number of phenolic OH excluding ortho intramolecular Hbond substituents is 1. The smallest absolute Gasteiger partial charge is 0.180 e. The molecule has 1 aromatic heterocycles. The largest absolute Gasteiger partial charge is 0.508 e. The van der Waals surface area contributed by atoms with Gasteiger partial charge in [0.2, 0.25) is 0 Å². The Labute approximate surface area is 106 Å². The second-order valence-electron chi connectivity index (χ2n) is 4.76. The summed E-state index contributed by atoms with van der Waals surface area (Å²) in [6, 6.07) is 5.38. The third-order valence-corrected chi connectivity index (χ3v) is 3.10. The van der Waals surface area contributed by atoms with Gasteiger partial charge in [-0.1, -0.05) is 20.8 Å². The molecule has 0 fully saturated rings. The topological polar surface area (TPSA) is 50.2 Å². The molecule has 0 spiro atoms. The van der Waals surface area contributed by atoms with E-state index < -0.39 is 0 Å². The molecular weight excluding hydrogens is 226 g/mol. The highest BCUT2D eigenvalue weighted by Gasteiger charge is 2.10. The van der Waals surface area contributed by atoms with Gasteiger partial charge in [-0.3, -0.25) is 9.78 Å². The third-order valence-electron chi connectivity index (χ3n) is 3.10. The molecule has 3 nitrogen and oxygen atoms in total. The zero-order valence-corrected chi connectivity index (χ0v) is 10.9. The standard InChI is InChI=1S/C15H17NO2/c1-4-14(17)13-6-10-7-15(18)12(9(2)3)5-11(10)8-16-13/h5-9,18H,4H2,1-3H3. The van der Waals surface area contributed by atoms with E-state index in [0.29, 0.717) is 12.1 Å². The Hall–Kier alpha value is -1.90. The van der Waals surface area contributed by atoms with Gasteiger partial charge in [0.15, 0.2) is 5.78 Å². The maximum atomic E-state index is 11.6. The Morgan fingerprint density at radius 3 is 2.61 bits per heavy atom. The highest BCUT2D eigenvalue weighted by Crippen LogP contribution is 2.30. The van der Waals surface area contributed by atoms with E-state index in [1.165, 1.54) is 0 Å². The number of aromatic hydroxyl groups is 1. The van der Waals surface area contributed by atoms with Crippen LogP contribution in [-0.2, 0) is 0 Å². The molecule has 0 atom stereocenters. The molecule has 18 heavy (non-hydrogen) atoms. The highest BCUT2D eigenvalue weighted by atomic mass is 16.3. The fraction of sp³-hybridized carbons (Fsp3) is 0.333. The molecule has 0 aliphatic rings.